The summed E-state index contributed by atoms with van der Waals surface area (Å²) in [5.41, 5.74) is 8.82. The van der Waals surface area contributed by atoms with Gasteiger partial charge in [-0.05, 0) is 78.1 Å². The molecule has 1 aliphatic carbocycles. The van der Waals surface area contributed by atoms with Crippen LogP contribution in [0.4, 0.5) is 0 Å². The zero-order chi connectivity index (χ0) is 24.6. The zero-order valence-electron chi connectivity index (χ0n) is 19.8. The van der Waals surface area contributed by atoms with Crippen LogP contribution in [0.2, 0.25) is 5.02 Å². The second kappa shape index (κ2) is 7.80. The Morgan fingerprint density at radius 1 is 1.06 bits per heavy atom. The van der Waals surface area contributed by atoms with Crippen LogP contribution < -0.4 is 5.56 Å². The number of nitrogens with zero attached hydrogens (tertiary/aromatic N) is 7. The van der Waals surface area contributed by atoms with Gasteiger partial charge in [0, 0.05) is 63.5 Å². The fraction of sp³-hybridized carbons (Fsp3) is 0.259. The quantitative estimate of drug-likeness (QED) is 0.409. The molecular weight excluding hydrogens is 474 g/mol. The van der Waals surface area contributed by atoms with Crippen molar-refractivity contribution in [3.05, 3.63) is 93.0 Å². The first kappa shape index (κ1) is 21.4. The third-order valence-electron chi connectivity index (χ3n) is 7.54. The van der Waals surface area contributed by atoms with Crippen LogP contribution in [-0.4, -0.2) is 35.5 Å². The molecule has 8 nitrogen and oxygen atoms in total. The predicted octanol–water partition coefficient (Wildman–Crippen LogP) is 4.70. The van der Waals surface area contributed by atoms with Crippen molar-refractivity contribution in [2.45, 2.75) is 38.6 Å². The minimum absolute atomic E-state index is 0.00244. The topological polar surface area (TPSA) is 90.9 Å². The van der Waals surface area contributed by atoms with Crippen LogP contribution in [0.1, 0.15) is 47.4 Å². The fourth-order valence-corrected chi connectivity index (χ4v) is 6.03. The number of fused-ring (bicyclic) bond motifs is 3. The van der Waals surface area contributed by atoms with Crippen molar-refractivity contribution in [3.8, 4) is 16.8 Å². The summed E-state index contributed by atoms with van der Waals surface area (Å²) in [5, 5.41) is 12.1. The Hall–Kier alpha value is -3.91. The molecule has 3 atom stereocenters. The number of aliphatic imine (C=N–C) groups is 1. The first-order valence-corrected chi connectivity index (χ1v) is 12.4. The molecule has 178 valence electrons. The minimum Gasteiger partial charge on any atom is -0.303 e. The molecule has 0 radical (unpaired) electrons. The molecule has 1 saturated carbocycles. The second-order valence-corrected chi connectivity index (χ2v) is 10.2. The van der Waals surface area contributed by atoms with E-state index in [1.807, 2.05) is 42.8 Å². The van der Waals surface area contributed by atoms with E-state index >= 15 is 0 Å². The number of benzene rings is 1. The number of hydrogen-bond donors (Lipinski definition) is 0. The van der Waals surface area contributed by atoms with E-state index in [0.717, 1.165) is 63.6 Å². The lowest BCUT2D eigenvalue weighted by Crippen LogP contribution is -2.29. The first-order chi connectivity index (χ1) is 17.5. The van der Waals surface area contributed by atoms with Crippen molar-refractivity contribution in [2.75, 3.05) is 0 Å². The largest absolute Gasteiger partial charge is 0.303 e. The van der Waals surface area contributed by atoms with Gasteiger partial charge in [-0.15, -0.1) is 5.10 Å². The van der Waals surface area contributed by atoms with Crippen LogP contribution in [0.15, 0.2) is 64.8 Å². The van der Waals surface area contributed by atoms with Crippen LogP contribution in [0.5, 0.6) is 0 Å². The molecule has 36 heavy (non-hydrogen) atoms. The molecule has 0 N–H and O–H groups in total. The number of aryl methyl sites for hydroxylation is 2. The summed E-state index contributed by atoms with van der Waals surface area (Å²) in [6.07, 6.45) is 5.30. The summed E-state index contributed by atoms with van der Waals surface area (Å²) >= 11 is 6.34. The molecule has 3 aromatic heterocycles. The van der Waals surface area contributed by atoms with E-state index < -0.39 is 0 Å². The molecule has 0 spiro atoms. The molecule has 5 heterocycles. The fourth-order valence-electron chi connectivity index (χ4n) is 5.86. The van der Waals surface area contributed by atoms with E-state index in [1.165, 1.54) is 6.33 Å². The minimum atomic E-state index is -0.0216. The number of aromatic nitrogens is 6. The number of tetrazole rings is 1. The van der Waals surface area contributed by atoms with Crippen LogP contribution in [0.3, 0.4) is 0 Å². The van der Waals surface area contributed by atoms with Crippen LogP contribution in [0.25, 0.3) is 22.4 Å². The maximum atomic E-state index is 13.6. The van der Waals surface area contributed by atoms with E-state index in [1.54, 1.807) is 16.8 Å². The van der Waals surface area contributed by atoms with Gasteiger partial charge < -0.3 is 4.57 Å². The molecule has 4 aromatic rings. The summed E-state index contributed by atoms with van der Waals surface area (Å²) in [5.74, 6) is 0.780. The summed E-state index contributed by atoms with van der Waals surface area (Å²) in [6.45, 7) is 4.04. The molecule has 0 amide bonds. The highest BCUT2D eigenvalue weighted by molar-refractivity contribution is 6.31. The van der Waals surface area contributed by atoms with Crippen molar-refractivity contribution >= 4 is 22.9 Å². The highest BCUT2D eigenvalue weighted by Crippen LogP contribution is 2.60. The average Bonchev–Trinajstić information content (AvgIpc) is 3.20. The van der Waals surface area contributed by atoms with Gasteiger partial charge in [-0.3, -0.25) is 14.8 Å². The Morgan fingerprint density at radius 3 is 2.75 bits per heavy atom. The smallest absolute Gasteiger partial charge is 0.251 e. The van der Waals surface area contributed by atoms with Crippen molar-refractivity contribution in [1.29, 1.82) is 0 Å². The normalized spacial score (nSPS) is 21.7. The molecule has 3 aliphatic rings. The lowest BCUT2D eigenvalue weighted by atomic mass is 9.97. The molecule has 1 fully saturated rings. The van der Waals surface area contributed by atoms with Gasteiger partial charge in [0.15, 0.2) is 0 Å². The monoisotopic (exact) mass is 495 g/mol. The molecule has 9 heteroatoms. The summed E-state index contributed by atoms with van der Waals surface area (Å²) in [4.78, 5) is 23.0. The molecule has 7 rings (SSSR count). The molecule has 0 bridgehead atoms. The number of pyridine rings is 2. The SMILES string of the molecule is Cc1ccc(C2=CN=C(C3C4CC4c4cc(-c5cc(Cl)ccc5-n5cnnn5)cc(=O)n43)C2)c(C)n1. The Morgan fingerprint density at radius 2 is 1.94 bits per heavy atom. The van der Waals surface area contributed by atoms with E-state index in [2.05, 4.69) is 32.6 Å². The number of hydrogen-bond acceptors (Lipinski definition) is 6. The summed E-state index contributed by atoms with van der Waals surface area (Å²) in [6, 6.07) is 13.5. The van der Waals surface area contributed by atoms with Crippen molar-refractivity contribution in [3.63, 3.8) is 0 Å². The van der Waals surface area contributed by atoms with Gasteiger partial charge in [0.25, 0.3) is 5.56 Å². The lowest BCUT2D eigenvalue weighted by molar-refractivity contribution is 0.584. The van der Waals surface area contributed by atoms with E-state index in [-0.39, 0.29) is 11.6 Å². The molecule has 1 aromatic carbocycles. The zero-order valence-corrected chi connectivity index (χ0v) is 20.5. The third-order valence-corrected chi connectivity index (χ3v) is 7.77. The van der Waals surface area contributed by atoms with Gasteiger partial charge in [0.1, 0.15) is 6.33 Å². The Labute approximate surface area is 212 Å². The van der Waals surface area contributed by atoms with Gasteiger partial charge in [-0.25, -0.2) is 0 Å². The standard InChI is InChI=1S/C27H22ClN7O/c1-14-3-5-19(15(2)31-14)17-7-23(29-12-17)27-22-11-21(22)25-8-16(9-26(36)35(25)27)20-10-18(28)4-6-24(20)34-13-30-32-33-34/h3-6,8-10,12-13,21-22,27H,7,11H2,1-2H3. The Bertz CT molecular complexity index is 1670. The molecular formula is C27H22ClN7O. The van der Waals surface area contributed by atoms with Crippen molar-refractivity contribution in [2.24, 2.45) is 10.9 Å². The third kappa shape index (κ3) is 3.28. The highest BCUT2D eigenvalue weighted by Gasteiger charge is 2.54. The molecule has 0 saturated heterocycles. The predicted molar refractivity (Wildman–Crippen MR) is 137 cm³/mol. The van der Waals surface area contributed by atoms with Crippen LogP contribution in [-0.2, 0) is 0 Å². The van der Waals surface area contributed by atoms with Crippen LogP contribution >= 0.6 is 11.6 Å². The highest BCUT2D eigenvalue weighted by atomic mass is 35.5. The van der Waals surface area contributed by atoms with E-state index in [9.17, 15) is 4.79 Å². The summed E-state index contributed by atoms with van der Waals surface area (Å²) < 4.78 is 3.54. The van der Waals surface area contributed by atoms with Gasteiger partial charge in [-0.2, -0.15) is 4.68 Å². The first-order valence-electron chi connectivity index (χ1n) is 12.0. The summed E-state index contributed by atoms with van der Waals surface area (Å²) in [7, 11) is 0. The van der Waals surface area contributed by atoms with Gasteiger partial charge in [0.05, 0.1) is 11.7 Å². The van der Waals surface area contributed by atoms with E-state index in [4.69, 9.17) is 16.6 Å². The van der Waals surface area contributed by atoms with Crippen LogP contribution in [0, 0.1) is 19.8 Å². The van der Waals surface area contributed by atoms with Gasteiger partial charge >= 0.3 is 0 Å². The molecule has 2 aliphatic heterocycles. The second-order valence-electron chi connectivity index (χ2n) is 9.78. The maximum Gasteiger partial charge on any atom is 0.251 e. The number of allylic oxidation sites excluding steroid dienone is 1. The average molecular weight is 496 g/mol. The van der Waals surface area contributed by atoms with Gasteiger partial charge in [-0.1, -0.05) is 17.7 Å². The van der Waals surface area contributed by atoms with Crippen molar-refractivity contribution in [1.82, 2.24) is 29.8 Å². The molecule has 3 unspecified atom stereocenters. The van der Waals surface area contributed by atoms with Gasteiger partial charge in [0.2, 0.25) is 0 Å². The maximum absolute atomic E-state index is 13.6. The van der Waals surface area contributed by atoms with E-state index in [0.29, 0.717) is 16.9 Å². The lowest BCUT2D eigenvalue weighted by Gasteiger charge is -2.20. The number of rotatable bonds is 4. The Balaban J connectivity index is 1.25. The number of halogens is 1. The Kier molecular flexibility index (Phi) is 4.63. The van der Waals surface area contributed by atoms with Crippen molar-refractivity contribution < 1.29 is 0 Å².